The van der Waals surface area contributed by atoms with E-state index in [0.717, 1.165) is 19.3 Å². The number of carbonyl (C=O) groups is 2. The van der Waals surface area contributed by atoms with Crippen LogP contribution in [0.2, 0.25) is 0 Å². The molecule has 4 heteroatoms. The predicted molar refractivity (Wildman–Crippen MR) is 73.9 cm³/mol. The van der Waals surface area contributed by atoms with E-state index in [4.69, 9.17) is 5.11 Å². The summed E-state index contributed by atoms with van der Waals surface area (Å²) in [6.07, 6.45) is 3.14. The average Bonchev–Trinajstić information content (AvgIpc) is 2.39. The molecule has 1 atom stereocenters. The number of carboxylic acid groups (broad SMARTS) is 1. The Balaban J connectivity index is 2.29. The van der Waals surface area contributed by atoms with Gasteiger partial charge in [-0.05, 0) is 24.8 Å². The maximum atomic E-state index is 11.6. The summed E-state index contributed by atoms with van der Waals surface area (Å²) in [5.74, 6) is -1.14. The van der Waals surface area contributed by atoms with Crippen LogP contribution in [-0.4, -0.2) is 23.0 Å². The van der Waals surface area contributed by atoms with E-state index in [-0.39, 0.29) is 5.91 Å². The summed E-state index contributed by atoms with van der Waals surface area (Å²) in [6, 6.07) is 9.19. The Kier molecular flexibility index (Phi) is 6.64. The molecule has 1 rings (SSSR count). The molecule has 104 valence electrons. The number of nitrogens with one attached hydrogen (secondary N) is 1. The van der Waals surface area contributed by atoms with Gasteiger partial charge in [-0.15, -0.1) is 0 Å². The van der Waals surface area contributed by atoms with Crippen molar-refractivity contribution in [2.75, 3.05) is 0 Å². The van der Waals surface area contributed by atoms with Gasteiger partial charge in [-0.3, -0.25) is 4.79 Å². The molecule has 0 spiro atoms. The fourth-order valence-corrected chi connectivity index (χ4v) is 1.91. The van der Waals surface area contributed by atoms with Crippen LogP contribution in [0, 0.1) is 0 Å². The Bertz CT molecular complexity index is 403. The first-order valence-electron chi connectivity index (χ1n) is 6.69. The molecule has 0 aliphatic rings. The van der Waals surface area contributed by atoms with Gasteiger partial charge in [0.05, 0.1) is 0 Å². The lowest BCUT2D eigenvalue weighted by atomic mass is 10.1. The van der Waals surface area contributed by atoms with E-state index in [1.165, 1.54) is 5.56 Å². The van der Waals surface area contributed by atoms with Crippen LogP contribution in [0.25, 0.3) is 0 Å². The Labute approximate surface area is 113 Å². The maximum absolute atomic E-state index is 11.6. The van der Waals surface area contributed by atoms with Gasteiger partial charge in [0, 0.05) is 6.42 Å². The first-order valence-corrected chi connectivity index (χ1v) is 6.69. The van der Waals surface area contributed by atoms with Gasteiger partial charge >= 0.3 is 5.97 Å². The number of aliphatic carboxylic acids is 1. The molecule has 0 heterocycles. The van der Waals surface area contributed by atoms with Gasteiger partial charge in [-0.1, -0.05) is 43.7 Å². The molecule has 0 aromatic heterocycles. The first kappa shape index (κ1) is 15.2. The molecule has 0 radical (unpaired) electrons. The Morgan fingerprint density at radius 1 is 1.26 bits per heavy atom. The molecule has 2 N–H and O–H groups in total. The summed E-state index contributed by atoms with van der Waals surface area (Å²) in [7, 11) is 0. The summed E-state index contributed by atoms with van der Waals surface area (Å²) >= 11 is 0. The number of hydrogen-bond acceptors (Lipinski definition) is 2. The Hall–Kier alpha value is -1.84. The smallest absolute Gasteiger partial charge is 0.326 e. The normalized spacial score (nSPS) is 11.8. The minimum atomic E-state index is -0.960. The monoisotopic (exact) mass is 263 g/mol. The lowest BCUT2D eigenvalue weighted by Crippen LogP contribution is -2.40. The van der Waals surface area contributed by atoms with Gasteiger partial charge in [0.2, 0.25) is 5.91 Å². The molecular formula is C15H21NO3. The van der Waals surface area contributed by atoms with Gasteiger partial charge < -0.3 is 10.4 Å². The van der Waals surface area contributed by atoms with Crippen molar-refractivity contribution in [1.29, 1.82) is 0 Å². The van der Waals surface area contributed by atoms with Crippen molar-refractivity contribution in [3.05, 3.63) is 35.9 Å². The van der Waals surface area contributed by atoms with Crippen molar-refractivity contribution in [2.45, 2.75) is 45.1 Å². The molecule has 0 bridgehead atoms. The minimum absolute atomic E-state index is 0.184. The van der Waals surface area contributed by atoms with E-state index in [2.05, 4.69) is 5.32 Å². The highest BCUT2D eigenvalue weighted by Crippen LogP contribution is 2.05. The van der Waals surface area contributed by atoms with Crippen molar-refractivity contribution in [3.8, 4) is 0 Å². The molecule has 1 unspecified atom stereocenters. The highest BCUT2D eigenvalue weighted by Gasteiger charge is 2.18. The predicted octanol–water partition coefficient (Wildman–Crippen LogP) is 2.38. The summed E-state index contributed by atoms with van der Waals surface area (Å²) in [6.45, 7) is 1.90. The maximum Gasteiger partial charge on any atom is 0.326 e. The van der Waals surface area contributed by atoms with E-state index < -0.39 is 12.0 Å². The van der Waals surface area contributed by atoms with Crippen LogP contribution in [0.15, 0.2) is 30.3 Å². The minimum Gasteiger partial charge on any atom is -0.480 e. The van der Waals surface area contributed by atoms with E-state index in [9.17, 15) is 9.59 Å². The van der Waals surface area contributed by atoms with Gasteiger partial charge in [0.25, 0.3) is 0 Å². The molecule has 1 aromatic carbocycles. The third-order valence-corrected chi connectivity index (χ3v) is 2.92. The summed E-state index contributed by atoms with van der Waals surface area (Å²) in [5.41, 5.74) is 1.19. The Morgan fingerprint density at radius 3 is 2.53 bits per heavy atom. The number of aryl methyl sites for hydroxylation is 1. The van der Waals surface area contributed by atoms with E-state index >= 15 is 0 Å². The van der Waals surface area contributed by atoms with Crippen molar-refractivity contribution in [3.63, 3.8) is 0 Å². The number of carbonyl (C=O) groups excluding carboxylic acids is 1. The van der Waals surface area contributed by atoms with Crippen molar-refractivity contribution in [2.24, 2.45) is 0 Å². The summed E-state index contributed by atoms with van der Waals surface area (Å²) < 4.78 is 0. The second-order valence-corrected chi connectivity index (χ2v) is 4.59. The molecule has 1 amide bonds. The fraction of sp³-hybridized carbons (Fsp3) is 0.467. The molecule has 0 aliphatic heterocycles. The topological polar surface area (TPSA) is 66.4 Å². The molecule has 19 heavy (non-hydrogen) atoms. The van der Waals surface area contributed by atoms with E-state index in [1.807, 2.05) is 37.3 Å². The number of amides is 1. The highest BCUT2D eigenvalue weighted by molar-refractivity contribution is 5.83. The Morgan fingerprint density at radius 2 is 1.95 bits per heavy atom. The standard InChI is InChI=1S/C15H21NO3/c1-2-7-13(15(18)19)16-14(17)11-6-10-12-8-4-3-5-9-12/h3-5,8-9,13H,2,6-7,10-11H2,1H3,(H,16,17)(H,18,19). The largest absolute Gasteiger partial charge is 0.480 e. The average molecular weight is 263 g/mol. The van der Waals surface area contributed by atoms with Crippen molar-refractivity contribution < 1.29 is 14.7 Å². The number of carboxylic acids is 1. The van der Waals surface area contributed by atoms with Crippen LogP contribution in [0.3, 0.4) is 0 Å². The van der Waals surface area contributed by atoms with Gasteiger partial charge in [0.15, 0.2) is 0 Å². The highest BCUT2D eigenvalue weighted by atomic mass is 16.4. The molecule has 0 saturated carbocycles. The third-order valence-electron chi connectivity index (χ3n) is 2.92. The third kappa shape index (κ3) is 6.04. The van der Waals surface area contributed by atoms with Gasteiger partial charge in [-0.2, -0.15) is 0 Å². The van der Waals surface area contributed by atoms with Gasteiger partial charge in [0.1, 0.15) is 6.04 Å². The van der Waals surface area contributed by atoms with Crippen LogP contribution in [0.5, 0.6) is 0 Å². The second-order valence-electron chi connectivity index (χ2n) is 4.59. The van der Waals surface area contributed by atoms with Crippen molar-refractivity contribution >= 4 is 11.9 Å². The first-order chi connectivity index (χ1) is 9.13. The van der Waals surface area contributed by atoms with Crippen LogP contribution in [0.1, 0.15) is 38.2 Å². The fourth-order valence-electron chi connectivity index (χ4n) is 1.91. The number of benzene rings is 1. The van der Waals surface area contributed by atoms with E-state index in [1.54, 1.807) is 0 Å². The zero-order valence-electron chi connectivity index (χ0n) is 11.3. The molecule has 4 nitrogen and oxygen atoms in total. The molecule has 0 aliphatic carbocycles. The van der Waals surface area contributed by atoms with Gasteiger partial charge in [-0.25, -0.2) is 4.79 Å². The molecule has 0 saturated heterocycles. The van der Waals surface area contributed by atoms with Crippen LogP contribution < -0.4 is 5.32 Å². The summed E-state index contributed by atoms with van der Waals surface area (Å²) in [5, 5.41) is 11.5. The van der Waals surface area contributed by atoms with Crippen LogP contribution >= 0.6 is 0 Å². The second kappa shape index (κ2) is 8.29. The lowest BCUT2D eigenvalue weighted by Gasteiger charge is -2.13. The number of hydrogen-bond donors (Lipinski definition) is 2. The number of rotatable bonds is 8. The lowest BCUT2D eigenvalue weighted by molar-refractivity contribution is -0.142. The quantitative estimate of drug-likeness (QED) is 0.756. The molecule has 0 fully saturated rings. The van der Waals surface area contributed by atoms with Crippen LogP contribution in [0.4, 0.5) is 0 Å². The van der Waals surface area contributed by atoms with E-state index in [0.29, 0.717) is 12.8 Å². The molecule has 1 aromatic rings. The zero-order chi connectivity index (χ0) is 14.1. The molecular weight excluding hydrogens is 242 g/mol. The SMILES string of the molecule is CCCC(NC(=O)CCCc1ccccc1)C(=O)O. The van der Waals surface area contributed by atoms with Crippen molar-refractivity contribution in [1.82, 2.24) is 5.32 Å². The zero-order valence-corrected chi connectivity index (χ0v) is 11.3. The summed E-state index contributed by atoms with van der Waals surface area (Å²) in [4.78, 5) is 22.6. The van der Waals surface area contributed by atoms with Crippen LogP contribution in [-0.2, 0) is 16.0 Å².